The average molecular weight is 836 g/mol. The summed E-state index contributed by atoms with van der Waals surface area (Å²) in [7, 11) is 0. The number of fused-ring (bicyclic) bond motifs is 10. The molecule has 0 N–H and O–H groups in total. The van der Waals surface area contributed by atoms with Crippen molar-refractivity contribution in [2.24, 2.45) is 0 Å². The van der Waals surface area contributed by atoms with E-state index in [1.807, 2.05) is 22.7 Å². The van der Waals surface area contributed by atoms with Crippen LogP contribution in [0, 0.1) is 0 Å². The van der Waals surface area contributed by atoms with Crippen LogP contribution >= 0.6 is 22.7 Å². The van der Waals surface area contributed by atoms with Crippen LogP contribution in [0.15, 0.2) is 224 Å². The highest BCUT2D eigenvalue weighted by molar-refractivity contribution is 7.27. The molecule has 63 heavy (non-hydrogen) atoms. The minimum Gasteiger partial charge on any atom is -0.309 e. The van der Waals surface area contributed by atoms with Gasteiger partial charge in [0.25, 0.3) is 0 Å². The van der Waals surface area contributed by atoms with E-state index in [9.17, 15) is 0 Å². The Bertz CT molecular complexity index is 3910. The maximum atomic E-state index is 2.49. The standard InChI is InChI=1S/C60H37NS2/c1-2-13-39(14-3-1)48-33-34-49(57-51-20-8-10-23-55(51)62-59(48)57)50-35-36-54(60-58(50)52-21-9-11-24-56(52)63-60)61(44-32-29-42-26-25-40-16-5-7-19-47(40)53(42)37-44)43-30-27-41(28-31-43)46-22-12-17-38-15-4-6-18-45(38)46/h1-37H. The van der Waals surface area contributed by atoms with E-state index in [-0.39, 0.29) is 0 Å². The van der Waals surface area contributed by atoms with Gasteiger partial charge in [0.1, 0.15) is 0 Å². The molecule has 0 atom stereocenters. The number of thiophene rings is 2. The van der Waals surface area contributed by atoms with Gasteiger partial charge in [0.15, 0.2) is 0 Å². The molecule has 2 aromatic heterocycles. The topological polar surface area (TPSA) is 3.24 Å². The third-order valence-corrected chi connectivity index (χ3v) is 15.3. The Morgan fingerprint density at radius 1 is 0.286 bits per heavy atom. The third kappa shape index (κ3) is 5.82. The zero-order valence-electron chi connectivity index (χ0n) is 34.1. The van der Waals surface area contributed by atoms with Crippen molar-refractivity contribution < 1.29 is 0 Å². The molecule has 0 radical (unpaired) electrons. The van der Waals surface area contributed by atoms with Crippen LogP contribution in [-0.4, -0.2) is 0 Å². The second-order valence-electron chi connectivity index (χ2n) is 16.4. The molecule has 294 valence electrons. The first-order valence-corrected chi connectivity index (χ1v) is 23.1. The Kier molecular flexibility index (Phi) is 8.33. The lowest BCUT2D eigenvalue weighted by molar-refractivity contribution is 1.31. The summed E-state index contributed by atoms with van der Waals surface area (Å²) in [4.78, 5) is 2.49. The van der Waals surface area contributed by atoms with Gasteiger partial charge in [0.05, 0.1) is 10.4 Å². The molecule has 13 aromatic rings. The largest absolute Gasteiger partial charge is 0.309 e. The number of nitrogens with zero attached hydrogens (tertiary/aromatic N) is 1. The molecular weight excluding hydrogens is 799 g/mol. The first kappa shape index (κ1) is 36.1. The van der Waals surface area contributed by atoms with Gasteiger partial charge in [-0.25, -0.2) is 0 Å². The van der Waals surface area contributed by atoms with Gasteiger partial charge in [-0.15, -0.1) is 22.7 Å². The fourth-order valence-corrected chi connectivity index (χ4v) is 12.4. The smallest absolute Gasteiger partial charge is 0.0640 e. The number of benzene rings is 11. The Morgan fingerprint density at radius 2 is 0.794 bits per heavy atom. The van der Waals surface area contributed by atoms with Crippen molar-refractivity contribution in [2.45, 2.75) is 0 Å². The quantitative estimate of drug-likeness (QED) is 0.151. The predicted octanol–water partition coefficient (Wildman–Crippen LogP) is 18.4. The summed E-state index contributed by atoms with van der Waals surface area (Å²) in [6, 6.07) is 82.9. The molecular formula is C60H37NS2. The molecule has 0 bridgehead atoms. The Morgan fingerprint density at radius 3 is 1.54 bits per heavy atom. The second kappa shape index (κ2) is 14.5. The highest BCUT2D eigenvalue weighted by Crippen LogP contribution is 2.52. The van der Waals surface area contributed by atoms with E-state index in [0.29, 0.717) is 0 Å². The summed E-state index contributed by atoms with van der Waals surface area (Å²) in [6.07, 6.45) is 0. The van der Waals surface area contributed by atoms with Crippen molar-refractivity contribution in [3.63, 3.8) is 0 Å². The van der Waals surface area contributed by atoms with Crippen molar-refractivity contribution in [1.29, 1.82) is 0 Å². The fraction of sp³-hybridized carbons (Fsp3) is 0. The van der Waals surface area contributed by atoms with Crippen molar-refractivity contribution in [3.8, 4) is 33.4 Å². The fourth-order valence-electron chi connectivity index (χ4n) is 9.94. The van der Waals surface area contributed by atoms with Gasteiger partial charge in [-0.1, -0.05) is 182 Å². The van der Waals surface area contributed by atoms with Gasteiger partial charge in [-0.2, -0.15) is 0 Å². The van der Waals surface area contributed by atoms with Gasteiger partial charge in [0.2, 0.25) is 0 Å². The number of anilines is 3. The molecule has 1 nitrogen and oxygen atoms in total. The first-order valence-electron chi connectivity index (χ1n) is 21.5. The molecule has 3 heteroatoms. The van der Waals surface area contributed by atoms with Crippen LogP contribution in [0.25, 0.3) is 106 Å². The third-order valence-electron chi connectivity index (χ3n) is 12.9. The molecule has 0 aliphatic carbocycles. The van der Waals surface area contributed by atoms with Crippen molar-refractivity contribution in [3.05, 3.63) is 224 Å². The Hall–Kier alpha value is -7.56. The Balaban J connectivity index is 1.07. The van der Waals surface area contributed by atoms with E-state index in [4.69, 9.17) is 0 Å². The number of hydrogen-bond donors (Lipinski definition) is 0. The van der Waals surface area contributed by atoms with Crippen LogP contribution in [0.4, 0.5) is 17.1 Å². The van der Waals surface area contributed by atoms with E-state index >= 15 is 0 Å². The molecule has 0 saturated heterocycles. The monoisotopic (exact) mass is 835 g/mol. The molecule has 0 saturated carbocycles. The molecule has 0 fully saturated rings. The van der Waals surface area contributed by atoms with Crippen LogP contribution in [-0.2, 0) is 0 Å². The van der Waals surface area contributed by atoms with Crippen LogP contribution in [0.5, 0.6) is 0 Å². The van der Waals surface area contributed by atoms with Gasteiger partial charge >= 0.3 is 0 Å². The Labute approximate surface area is 373 Å². The lowest BCUT2D eigenvalue weighted by Gasteiger charge is -2.27. The molecule has 0 spiro atoms. The van der Waals surface area contributed by atoms with Crippen LogP contribution in [0.2, 0.25) is 0 Å². The highest BCUT2D eigenvalue weighted by atomic mass is 32.1. The summed E-state index contributed by atoms with van der Waals surface area (Å²) in [6.45, 7) is 0. The van der Waals surface area contributed by atoms with E-state index < -0.39 is 0 Å². The lowest BCUT2D eigenvalue weighted by Crippen LogP contribution is -2.10. The van der Waals surface area contributed by atoms with Gasteiger partial charge in [-0.3, -0.25) is 0 Å². The molecule has 0 aliphatic heterocycles. The van der Waals surface area contributed by atoms with Crippen molar-refractivity contribution in [1.82, 2.24) is 0 Å². The predicted molar refractivity (Wildman–Crippen MR) is 276 cm³/mol. The number of hydrogen-bond acceptors (Lipinski definition) is 3. The minimum absolute atomic E-state index is 1.11. The van der Waals surface area contributed by atoms with Crippen molar-refractivity contribution in [2.75, 3.05) is 4.90 Å². The SMILES string of the molecule is c1ccc(-c2ccc(-c3ccc(N(c4ccc(-c5cccc6ccccc56)cc4)c4ccc5ccc6ccccc6c5c4)c4sc5ccccc5c34)c3c2sc2ccccc23)cc1. The summed E-state index contributed by atoms with van der Waals surface area (Å²) in [5.41, 5.74) is 10.9. The lowest BCUT2D eigenvalue weighted by atomic mass is 9.92. The maximum absolute atomic E-state index is 2.49. The van der Waals surface area contributed by atoms with Gasteiger partial charge in [0, 0.05) is 47.0 Å². The van der Waals surface area contributed by atoms with Crippen LogP contribution in [0.3, 0.4) is 0 Å². The van der Waals surface area contributed by atoms with E-state index in [0.717, 1.165) is 11.4 Å². The van der Waals surface area contributed by atoms with Gasteiger partial charge < -0.3 is 4.90 Å². The van der Waals surface area contributed by atoms with E-state index in [1.165, 1.54) is 112 Å². The normalized spacial score (nSPS) is 11.8. The van der Waals surface area contributed by atoms with E-state index in [2.05, 4.69) is 229 Å². The molecule has 2 heterocycles. The summed E-state index contributed by atoms with van der Waals surface area (Å²) in [5, 5.41) is 12.7. The maximum Gasteiger partial charge on any atom is 0.0640 e. The molecule has 11 aromatic carbocycles. The average Bonchev–Trinajstić information content (AvgIpc) is 3.94. The summed E-state index contributed by atoms with van der Waals surface area (Å²) in [5.74, 6) is 0. The zero-order valence-corrected chi connectivity index (χ0v) is 35.8. The van der Waals surface area contributed by atoms with Crippen LogP contribution in [0.1, 0.15) is 0 Å². The molecule has 0 aliphatic rings. The summed E-state index contributed by atoms with van der Waals surface area (Å²) < 4.78 is 5.18. The molecule has 13 rings (SSSR count). The first-order chi connectivity index (χ1) is 31.2. The van der Waals surface area contributed by atoms with Crippen molar-refractivity contribution >= 4 is 112 Å². The molecule has 0 amide bonds. The molecule has 0 unspecified atom stereocenters. The van der Waals surface area contributed by atoms with Crippen LogP contribution < -0.4 is 4.90 Å². The number of rotatable bonds is 6. The van der Waals surface area contributed by atoms with Gasteiger partial charge in [-0.05, 0) is 108 Å². The summed E-state index contributed by atoms with van der Waals surface area (Å²) >= 11 is 3.80. The van der Waals surface area contributed by atoms with E-state index in [1.54, 1.807) is 0 Å². The second-order valence-corrected chi connectivity index (χ2v) is 18.5. The highest BCUT2D eigenvalue weighted by Gasteiger charge is 2.24. The minimum atomic E-state index is 1.11. The zero-order chi connectivity index (χ0) is 41.4.